The van der Waals surface area contributed by atoms with Crippen LogP contribution in [0.3, 0.4) is 0 Å². The highest BCUT2D eigenvalue weighted by Crippen LogP contribution is 2.29. The zero-order valence-corrected chi connectivity index (χ0v) is 18.8. The second-order valence-electron chi connectivity index (χ2n) is 8.88. The van der Waals surface area contributed by atoms with Gasteiger partial charge in [-0.1, -0.05) is 12.1 Å². The number of carbonyl (C=O) groups excluding carboxylic acids is 1. The first-order valence-electron chi connectivity index (χ1n) is 11.3. The molecule has 0 bridgehead atoms. The number of piperazine rings is 1. The average Bonchev–Trinajstić information content (AvgIpc) is 3.16. The maximum Gasteiger partial charge on any atom is 0.231 e. The third-order valence-corrected chi connectivity index (χ3v) is 6.40. The van der Waals surface area contributed by atoms with E-state index in [1.807, 2.05) is 18.2 Å². The van der Waals surface area contributed by atoms with Crippen molar-refractivity contribution in [3.05, 3.63) is 41.2 Å². The molecule has 3 N–H and O–H groups in total. The number of hydrogen-bond donors (Lipinski definition) is 2. The number of primary amides is 1. The minimum atomic E-state index is -0.277. The van der Waals surface area contributed by atoms with Crippen LogP contribution in [0.15, 0.2) is 40.7 Å². The van der Waals surface area contributed by atoms with Gasteiger partial charge < -0.3 is 25.8 Å². The number of nitrogens with one attached hydrogen (secondary N) is 1. The van der Waals surface area contributed by atoms with Gasteiger partial charge >= 0.3 is 0 Å². The Hall–Kier alpha value is -2.58. The van der Waals surface area contributed by atoms with Crippen molar-refractivity contribution in [3.63, 3.8) is 0 Å². The summed E-state index contributed by atoms with van der Waals surface area (Å²) < 4.78 is 0. The van der Waals surface area contributed by atoms with Crippen LogP contribution in [-0.2, 0) is 4.79 Å². The van der Waals surface area contributed by atoms with Crippen molar-refractivity contribution in [1.82, 2.24) is 20.0 Å². The molecule has 31 heavy (non-hydrogen) atoms. The second kappa shape index (κ2) is 9.70. The molecule has 0 aromatic heterocycles. The van der Waals surface area contributed by atoms with Gasteiger partial charge in [-0.3, -0.25) is 14.7 Å². The van der Waals surface area contributed by atoms with E-state index in [4.69, 9.17) is 10.7 Å². The lowest BCUT2D eigenvalue weighted by atomic mass is 10.1. The van der Waals surface area contributed by atoms with E-state index >= 15 is 0 Å². The van der Waals surface area contributed by atoms with E-state index < -0.39 is 0 Å². The number of aliphatic imine (C=N–C) groups is 1. The van der Waals surface area contributed by atoms with Gasteiger partial charge in [-0.15, -0.1) is 0 Å². The summed E-state index contributed by atoms with van der Waals surface area (Å²) >= 11 is 0. The van der Waals surface area contributed by atoms with Gasteiger partial charge in [0.25, 0.3) is 0 Å². The molecule has 1 unspecified atom stereocenters. The second-order valence-corrected chi connectivity index (χ2v) is 8.88. The van der Waals surface area contributed by atoms with Crippen molar-refractivity contribution >= 4 is 17.8 Å². The summed E-state index contributed by atoms with van der Waals surface area (Å²) in [4.78, 5) is 25.0. The predicted molar refractivity (Wildman–Crippen MR) is 125 cm³/mol. The van der Waals surface area contributed by atoms with Gasteiger partial charge in [-0.2, -0.15) is 0 Å². The molecule has 1 saturated heterocycles. The Balaban J connectivity index is 1.32. The number of hydrogen-bond acceptors (Lipinski definition) is 7. The van der Waals surface area contributed by atoms with Crippen LogP contribution in [-0.4, -0.2) is 93.3 Å². The maximum absolute atomic E-state index is 11.0. The van der Waals surface area contributed by atoms with Crippen LogP contribution in [0.5, 0.6) is 0 Å². The van der Waals surface area contributed by atoms with Crippen molar-refractivity contribution in [3.8, 4) is 0 Å². The van der Waals surface area contributed by atoms with Gasteiger partial charge in [0, 0.05) is 63.3 Å². The standard InChI is InChI=1S/C23H35N7O/c1-27-12-14-29(15-13-27)20-6-4-18(5-7-20)22-25-16-19-8-11-30(23(19)26-22)10-3-9-28(2)17-21(24)31/h4-7,16,22,26H,3,8-15,17H2,1-2H3,(H2,24,31). The number of carbonyl (C=O) groups is 1. The molecule has 8 nitrogen and oxygen atoms in total. The number of likely N-dealkylation sites (N-methyl/N-ethyl adjacent to an activating group) is 2. The molecule has 168 valence electrons. The molecule has 1 aromatic carbocycles. The maximum atomic E-state index is 11.0. The highest BCUT2D eigenvalue weighted by atomic mass is 16.1. The lowest BCUT2D eigenvalue weighted by Crippen LogP contribution is -2.44. The molecule has 4 rings (SSSR count). The van der Waals surface area contributed by atoms with Gasteiger partial charge in [0.05, 0.1) is 6.54 Å². The van der Waals surface area contributed by atoms with E-state index in [0.29, 0.717) is 6.54 Å². The number of anilines is 1. The number of amides is 1. The Morgan fingerprint density at radius 3 is 2.65 bits per heavy atom. The minimum absolute atomic E-state index is 0.0431. The summed E-state index contributed by atoms with van der Waals surface area (Å²) in [6.45, 7) is 7.52. The van der Waals surface area contributed by atoms with Crippen LogP contribution in [0.1, 0.15) is 24.6 Å². The largest absolute Gasteiger partial charge is 0.369 e. The summed E-state index contributed by atoms with van der Waals surface area (Å²) in [5.41, 5.74) is 9.04. The molecule has 3 heterocycles. The summed E-state index contributed by atoms with van der Waals surface area (Å²) in [6.07, 6.45) is 4.02. The van der Waals surface area contributed by atoms with Crippen molar-refractivity contribution in [2.45, 2.75) is 19.0 Å². The monoisotopic (exact) mass is 425 g/mol. The lowest BCUT2D eigenvalue weighted by Gasteiger charge is -2.34. The molecule has 3 aliphatic rings. The smallest absolute Gasteiger partial charge is 0.231 e. The van der Waals surface area contributed by atoms with Gasteiger partial charge in [-0.25, -0.2) is 0 Å². The van der Waals surface area contributed by atoms with Crippen LogP contribution >= 0.6 is 0 Å². The molecular formula is C23H35N7O. The summed E-state index contributed by atoms with van der Waals surface area (Å²) in [6, 6.07) is 8.85. The normalized spacial score (nSPS) is 21.6. The van der Waals surface area contributed by atoms with Crippen LogP contribution in [0.2, 0.25) is 0 Å². The Morgan fingerprint density at radius 1 is 1.19 bits per heavy atom. The van der Waals surface area contributed by atoms with E-state index in [-0.39, 0.29) is 12.1 Å². The zero-order chi connectivity index (χ0) is 21.8. The predicted octanol–water partition coefficient (Wildman–Crippen LogP) is 0.836. The van der Waals surface area contributed by atoms with Crippen molar-refractivity contribution in [2.75, 3.05) is 71.4 Å². The third kappa shape index (κ3) is 5.37. The summed E-state index contributed by atoms with van der Waals surface area (Å²) in [7, 11) is 4.12. The Bertz CT molecular complexity index is 827. The molecule has 1 fully saturated rings. The van der Waals surface area contributed by atoms with Crippen molar-refractivity contribution < 1.29 is 4.79 Å². The lowest BCUT2D eigenvalue weighted by molar-refractivity contribution is -0.118. The van der Waals surface area contributed by atoms with E-state index in [1.165, 1.54) is 22.6 Å². The minimum Gasteiger partial charge on any atom is -0.369 e. The fourth-order valence-corrected chi connectivity index (χ4v) is 4.53. The quantitative estimate of drug-likeness (QED) is 0.642. The molecule has 8 heteroatoms. The topological polar surface area (TPSA) is 80.4 Å². The molecule has 3 aliphatic heterocycles. The van der Waals surface area contributed by atoms with Gasteiger partial charge in [-0.05, 0) is 44.6 Å². The van der Waals surface area contributed by atoms with Crippen molar-refractivity contribution in [2.24, 2.45) is 10.7 Å². The van der Waals surface area contributed by atoms with E-state index in [0.717, 1.165) is 58.7 Å². The van der Waals surface area contributed by atoms with Crippen LogP contribution < -0.4 is 16.0 Å². The third-order valence-electron chi connectivity index (χ3n) is 6.40. The molecule has 0 aliphatic carbocycles. The molecular weight excluding hydrogens is 390 g/mol. The number of rotatable bonds is 8. The number of nitrogens with two attached hydrogens (primary N) is 1. The summed E-state index contributed by atoms with van der Waals surface area (Å²) in [5.74, 6) is 0.931. The molecule has 1 amide bonds. The molecule has 1 aromatic rings. The molecule has 0 spiro atoms. The van der Waals surface area contributed by atoms with Gasteiger partial charge in [0.1, 0.15) is 12.0 Å². The fraction of sp³-hybridized carbons (Fsp3) is 0.565. The first kappa shape index (κ1) is 21.6. The van der Waals surface area contributed by atoms with Crippen molar-refractivity contribution in [1.29, 1.82) is 0 Å². The van der Waals surface area contributed by atoms with E-state index in [9.17, 15) is 4.79 Å². The Kier molecular flexibility index (Phi) is 6.77. The highest BCUT2D eigenvalue weighted by Gasteiger charge is 2.27. The fourth-order valence-electron chi connectivity index (χ4n) is 4.53. The van der Waals surface area contributed by atoms with E-state index in [1.54, 1.807) is 0 Å². The first-order chi connectivity index (χ1) is 15.0. The van der Waals surface area contributed by atoms with Gasteiger partial charge in [0.2, 0.25) is 5.91 Å². The zero-order valence-electron chi connectivity index (χ0n) is 18.8. The first-order valence-corrected chi connectivity index (χ1v) is 11.3. The van der Waals surface area contributed by atoms with Crippen LogP contribution in [0.25, 0.3) is 0 Å². The van der Waals surface area contributed by atoms with Crippen LogP contribution in [0, 0.1) is 0 Å². The SMILES string of the molecule is CN1CCN(c2ccc(C3N=CC4=C(N3)N(CCCN(C)CC(N)=O)CC4)cc2)CC1. The molecule has 0 radical (unpaired) electrons. The molecule has 1 atom stereocenters. The molecule has 0 saturated carbocycles. The average molecular weight is 426 g/mol. The van der Waals surface area contributed by atoms with E-state index in [2.05, 4.69) is 51.3 Å². The number of nitrogens with zero attached hydrogens (tertiary/aromatic N) is 5. The van der Waals surface area contributed by atoms with Gasteiger partial charge in [0.15, 0.2) is 0 Å². The Labute approximate surface area is 185 Å². The summed E-state index contributed by atoms with van der Waals surface area (Å²) in [5, 5.41) is 3.66. The van der Waals surface area contributed by atoms with Crippen LogP contribution in [0.4, 0.5) is 5.69 Å². The Morgan fingerprint density at radius 2 is 1.94 bits per heavy atom. The highest BCUT2D eigenvalue weighted by molar-refractivity contribution is 5.81. The number of benzene rings is 1.